The average Bonchev–Trinajstić information content (AvgIpc) is 3.14. The van der Waals surface area contributed by atoms with E-state index in [0.29, 0.717) is 24.4 Å². The van der Waals surface area contributed by atoms with Gasteiger partial charge in [-0.1, -0.05) is 12.1 Å². The molecule has 5 heteroatoms. The molecule has 0 spiro atoms. The van der Waals surface area contributed by atoms with Gasteiger partial charge >= 0.3 is 0 Å². The van der Waals surface area contributed by atoms with Gasteiger partial charge in [-0.25, -0.2) is 4.98 Å². The molecule has 0 aliphatic carbocycles. The van der Waals surface area contributed by atoms with Gasteiger partial charge in [-0.2, -0.15) is 0 Å². The molecular formula is C16H20N4O. The third kappa shape index (κ3) is 2.31. The third-order valence-electron chi connectivity index (χ3n) is 4.68. The zero-order valence-electron chi connectivity index (χ0n) is 12.0. The van der Waals surface area contributed by atoms with E-state index in [1.54, 1.807) is 0 Å². The normalized spacial score (nSPS) is 25.0. The Hall–Kier alpha value is -1.88. The minimum atomic E-state index is 0.307. The van der Waals surface area contributed by atoms with Crippen LogP contribution in [0.5, 0.6) is 0 Å². The lowest BCUT2D eigenvalue weighted by molar-refractivity contribution is -0.129. The third-order valence-corrected chi connectivity index (χ3v) is 4.68. The van der Waals surface area contributed by atoms with Crippen LogP contribution in [-0.4, -0.2) is 45.9 Å². The molecule has 1 aromatic carbocycles. The van der Waals surface area contributed by atoms with Gasteiger partial charge in [-0.3, -0.25) is 4.79 Å². The summed E-state index contributed by atoms with van der Waals surface area (Å²) in [5.74, 6) is 1.32. The number of hydrogen-bond acceptors (Lipinski definition) is 3. The number of H-pyrrole nitrogens is 1. The number of nitrogens with one attached hydrogen (secondary N) is 2. The summed E-state index contributed by atoms with van der Waals surface area (Å²) in [5.41, 5.74) is 2.11. The number of aromatic amines is 1. The number of fused-ring (bicyclic) bond motifs is 2. The molecule has 4 rings (SSSR count). The Kier molecular flexibility index (Phi) is 3.15. The zero-order chi connectivity index (χ0) is 14.2. The van der Waals surface area contributed by atoms with Crippen LogP contribution in [0.25, 0.3) is 11.0 Å². The van der Waals surface area contributed by atoms with Crippen molar-refractivity contribution in [2.75, 3.05) is 13.1 Å². The lowest BCUT2D eigenvalue weighted by Gasteiger charge is -2.23. The molecule has 2 aliphatic rings. The quantitative estimate of drug-likeness (QED) is 0.893. The van der Waals surface area contributed by atoms with Crippen molar-refractivity contribution in [1.29, 1.82) is 0 Å². The Balaban J connectivity index is 1.37. The summed E-state index contributed by atoms with van der Waals surface area (Å²) in [7, 11) is 0. The van der Waals surface area contributed by atoms with Gasteiger partial charge in [-0.05, 0) is 31.5 Å². The highest BCUT2D eigenvalue weighted by Crippen LogP contribution is 2.26. The number of carbonyl (C=O) groups is 1. The molecule has 2 N–H and O–H groups in total. The van der Waals surface area contributed by atoms with E-state index in [1.165, 1.54) is 0 Å². The summed E-state index contributed by atoms with van der Waals surface area (Å²) >= 11 is 0. The molecule has 0 unspecified atom stereocenters. The molecule has 1 amide bonds. The van der Waals surface area contributed by atoms with Crippen LogP contribution in [0.1, 0.15) is 25.1 Å². The van der Waals surface area contributed by atoms with Gasteiger partial charge in [0.2, 0.25) is 5.91 Å². The second kappa shape index (κ2) is 5.15. The van der Waals surface area contributed by atoms with E-state index < -0.39 is 0 Å². The smallest absolute Gasteiger partial charge is 0.224 e. The van der Waals surface area contributed by atoms with Crippen LogP contribution in [0.3, 0.4) is 0 Å². The maximum absolute atomic E-state index is 12.0. The lowest BCUT2D eigenvalue weighted by atomic mass is 10.1. The number of benzene rings is 1. The number of rotatable bonds is 4. The number of imidazole rings is 1. The number of amides is 1. The number of aromatic nitrogens is 2. The van der Waals surface area contributed by atoms with E-state index in [2.05, 4.69) is 20.2 Å². The second-order valence-electron chi connectivity index (χ2n) is 6.01. The van der Waals surface area contributed by atoms with Gasteiger partial charge in [-0.15, -0.1) is 0 Å². The summed E-state index contributed by atoms with van der Waals surface area (Å²) in [5, 5.41) is 3.42. The molecule has 3 heterocycles. The highest BCUT2D eigenvalue weighted by atomic mass is 16.2. The molecule has 0 bridgehead atoms. The summed E-state index contributed by atoms with van der Waals surface area (Å²) < 4.78 is 0. The number of likely N-dealkylation sites (tertiary alicyclic amines) is 1. The van der Waals surface area contributed by atoms with Crippen molar-refractivity contribution in [3.8, 4) is 0 Å². The number of hydrogen-bond donors (Lipinski definition) is 2. The van der Waals surface area contributed by atoms with Crippen molar-refractivity contribution in [1.82, 2.24) is 20.2 Å². The van der Waals surface area contributed by atoms with Gasteiger partial charge in [0.15, 0.2) is 0 Å². The van der Waals surface area contributed by atoms with Gasteiger partial charge in [0.25, 0.3) is 0 Å². The number of carbonyl (C=O) groups excluding carboxylic acids is 1. The summed E-state index contributed by atoms with van der Waals surface area (Å²) in [4.78, 5) is 22.1. The largest absolute Gasteiger partial charge is 0.342 e. The van der Waals surface area contributed by atoms with Crippen molar-refractivity contribution in [3.63, 3.8) is 0 Å². The van der Waals surface area contributed by atoms with Crippen LogP contribution < -0.4 is 5.32 Å². The number of nitrogens with zero attached hydrogens (tertiary/aromatic N) is 2. The Bertz CT molecular complexity index is 632. The molecule has 110 valence electrons. The monoisotopic (exact) mass is 284 g/mol. The molecule has 2 aliphatic heterocycles. The van der Waals surface area contributed by atoms with Gasteiger partial charge in [0.05, 0.1) is 11.0 Å². The minimum Gasteiger partial charge on any atom is -0.342 e. The van der Waals surface area contributed by atoms with Gasteiger partial charge in [0, 0.05) is 31.5 Å². The van der Waals surface area contributed by atoms with Gasteiger partial charge < -0.3 is 15.2 Å². The molecule has 5 nitrogen and oxygen atoms in total. The molecule has 2 aromatic rings. The molecular weight excluding hydrogens is 264 g/mol. The standard InChI is InChI=1S/C16H20N4O/c21-16-10-13-14(7-8-17-13)20(16)9-3-6-15-18-11-4-1-2-5-12(11)19-15/h1-2,4-5,13-14,17H,3,6-10H2,(H,18,19)/t13-,14-/m1/s1. The van der Waals surface area contributed by atoms with Crippen LogP contribution in [0, 0.1) is 0 Å². The first-order valence-electron chi connectivity index (χ1n) is 7.78. The molecule has 21 heavy (non-hydrogen) atoms. The molecule has 2 atom stereocenters. The highest BCUT2D eigenvalue weighted by molar-refractivity contribution is 5.80. The first kappa shape index (κ1) is 12.8. The molecule has 2 fully saturated rings. The topological polar surface area (TPSA) is 61.0 Å². The fraction of sp³-hybridized carbons (Fsp3) is 0.500. The summed E-state index contributed by atoms with van der Waals surface area (Å²) in [6.07, 6.45) is 3.63. The molecule has 1 aromatic heterocycles. The summed E-state index contributed by atoms with van der Waals surface area (Å²) in [6, 6.07) is 8.90. The predicted molar refractivity (Wildman–Crippen MR) is 80.9 cm³/mol. The Morgan fingerprint density at radius 2 is 2.24 bits per heavy atom. The van der Waals surface area contributed by atoms with Crippen molar-refractivity contribution in [3.05, 3.63) is 30.1 Å². The average molecular weight is 284 g/mol. The van der Waals surface area contributed by atoms with E-state index in [4.69, 9.17) is 0 Å². The van der Waals surface area contributed by atoms with E-state index in [-0.39, 0.29) is 0 Å². The van der Waals surface area contributed by atoms with Crippen molar-refractivity contribution < 1.29 is 4.79 Å². The summed E-state index contributed by atoms with van der Waals surface area (Å²) in [6.45, 7) is 1.89. The molecule has 0 radical (unpaired) electrons. The van der Waals surface area contributed by atoms with E-state index in [9.17, 15) is 4.79 Å². The zero-order valence-corrected chi connectivity index (χ0v) is 12.0. The van der Waals surface area contributed by atoms with Crippen LogP contribution in [0.2, 0.25) is 0 Å². The van der Waals surface area contributed by atoms with E-state index in [1.807, 2.05) is 24.3 Å². The second-order valence-corrected chi connectivity index (χ2v) is 6.01. The fourth-order valence-corrected chi connectivity index (χ4v) is 3.66. The van der Waals surface area contributed by atoms with Crippen molar-refractivity contribution >= 4 is 16.9 Å². The maximum atomic E-state index is 12.0. The van der Waals surface area contributed by atoms with Gasteiger partial charge in [0.1, 0.15) is 5.82 Å². The number of aryl methyl sites for hydroxylation is 1. The maximum Gasteiger partial charge on any atom is 0.224 e. The predicted octanol–water partition coefficient (Wildman–Crippen LogP) is 1.46. The van der Waals surface area contributed by atoms with Crippen LogP contribution in [0.4, 0.5) is 0 Å². The van der Waals surface area contributed by atoms with Crippen molar-refractivity contribution in [2.45, 2.75) is 37.8 Å². The molecule has 2 saturated heterocycles. The Morgan fingerprint density at radius 3 is 3.14 bits per heavy atom. The fourth-order valence-electron chi connectivity index (χ4n) is 3.66. The van der Waals surface area contributed by atoms with E-state index in [0.717, 1.165) is 49.2 Å². The molecule has 0 saturated carbocycles. The SMILES string of the molecule is O=C1C[C@H]2NCC[C@H]2N1CCCc1nc2ccccc2[nH]1. The minimum absolute atomic E-state index is 0.307. The lowest BCUT2D eigenvalue weighted by Crippen LogP contribution is -2.36. The highest BCUT2D eigenvalue weighted by Gasteiger charge is 2.41. The van der Waals surface area contributed by atoms with Crippen LogP contribution >= 0.6 is 0 Å². The van der Waals surface area contributed by atoms with Crippen LogP contribution in [0.15, 0.2) is 24.3 Å². The Morgan fingerprint density at radius 1 is 1.33 bits per heavy atom. The number of para-hydroxylation sites is 2. The van der Waals surface area contributed by atoms with Crippen molar-refractivity contribution in [2.24, 2.45) is 0 Å². The Labute approximate surface area is 123 Å². The first-order valence-corrected chi connectivity index (χ1v) is 7.78. The van der Waals surface area contributed by atoms with E-state index >= 15 is 0 Å². The first-order chi connectivity index (χ1) is 10.3. The van der Waals surface area contributed by atoms with Crippen LogP contribution in [-0.2, 0) is 11.2 Å².